The van der Waals surface area contributed by atoms with Gasteiger partial charge in [-0.3, -0.25) is 4.79 Å². The minimum absolute atomic E-state index is 0.0237. The van der Waals surface area contributed by atoms with Gasteiger partial charge < -0.3 is 15.1 Å². The van der Waals surface area contributed by atoms with Crippen LogP contribution in [0.25, 0.3) is 0 Å². The van der Waals surface area contributed by atoms with Crippen molar-refractivity contribution >= 4 is 17.7 Å². The van der Waals surface area contributed by atoms with Gasteiger partial charge in [-0.15, -0.1) is 0 Å². The lowest BCUT2D eigenvalue weighted by Crippen LogP contribution is -2.47. The molecule has 2 unspecified atom stereocenters. The van der Waals surface area contributed by atoms with E-state index in [2.05, 4.69) is 13.8 Å². The fourth-order valence-corrected chi connectivity index (χ4v) is 3.06. The Morgan fingerprint density at radius 3 is 3.00 bits per heavy atom. The summed E-state index contributed by atoms with van der Waals surface area (Å²) in [7, 11) is 0. The van der Waals surface area contributed by atoms with E-state index in [1.807, 2.05) is 16.7 Å². The molecule has 0 radical (unpaired) electrons. The zero-order chi connectivity index (χ0) is 12.4. The molecule has 0 bridgehead atoms. The van der Waals surface area contributed by atoms with Crippen molar-refractivity contribution in [3.8, 4) is 0 Å². The van der Waals surface area contributed by atoms with Crippen LogP contribution in [0, 0.1) is 0 Å². The summed E-state index contributed by atoms with van der Waals surface area (Å²) in [5.41, 5.74) is 5.47. The molecular formula is C12H18N2O2S. The molecule has 2 heterocycles. The van der Waals surface area contributed by atoms with E-state index in [1.165, 1.54) is 0 Å². The molecule has 1 aliphatic heterocycles. The van der Waals surface area contributed by atoms with E-state index in [-0.39, 0.29) is 11.9 Å². The van der Waals surface area contributed by atoms with Gasteiger partial charge in [0.25, 0.3) is 5.91 Å². The summed E-state index contributed by atoms with van der Waals surface area (Å²) in [5, 5.41) is 0.469. The first kappa shape index (κ1) is 12.5. The third-order valence-corrected chi connectivity index (χ3v) is 4.56. The van der Waals surface area contributed by atoms with Gasteiger partial charge in [0.05, 0.1) is 6.54 Å². The van der Waals surface area contributed by atoms with Crippen LogP contribution in [0.3, 0.4) is 0 Å². The molecule has 1 saturated heterocycles. The van der Waals surface area contributed by atoms with Gasteiger partial charge in [0.15, 0.2) is 5.76 Å². The van der Waals surface area contributed by atoms with Crippen molar-refractivity contribution in [2.24, 2.45) is 5.73 Å². The van der Waals surface area contributed by atoms with E-state index in [4.69, 9.17) is 10.2 Å². The van der Waals surface area contributed by atoms with Crippen molar-refractivity contribution < 1.29 is 9.21 Å². The third-order valence-electron chi connectivity index (χ3n) is 3.22. The molecule has 0 spiro atoms. The highest BCUT2D eigenvalue weighted by Gasteiger charge is 2.30. The average molecular weight is 254 g/mol. The van der Waals surface area contributed by atoms with Crippen molar-refractivity contribution in [2.75, 3.05) is 12.3 Å². The Morgan fingerprint density at radius 2 is 2.35 bits per heavy atom. The van der Waals surface area contributed by atoms with E-state index >= 15 is 0 Å². The molecule has 1 aromatic rings. The molecule has 1 aromatic heterocycles. The van der Waals surface area contributed by atoms with Gasteiger partial charge in [-0.05, 0) is 19.1 Å². The van der Waals surface area contributed by atoms with Crippen molar-refractivity contribution in [2.45, 2.75) is 31.7 Å². The normalized spacial score (nSPS) is 25.0. The maximum Gasteiger partial charge on any atom is 0.289 e. The number of nitrogens with zero attached hydrogens (tertiary/aromatic N) is 1. The Bertz CT molecular complexity index is 405. The topological polar surface area (TPSA) is 59.5 Å². The van der Waals surface area contributed by atoms with Crippen LogP contribution in [-0.4, -0.2) is 34.4 Å². The highest BCUT2D eigenvalue weighted by atomic mass is 32.2. The summed E-state index contributed by atoms with van der Waals surface area (Å²) in [6.07, 6.45) is 0. The largest absolute Gasteiger partial charge is 0.455 e. The fourth-order valence-electron chi connectivity index (χ4n) is 1.96. The summed E-state index contributed by atoms with van der Waals surface area (Å²) in [6.45, 7) is 5.35. The second-order valence-corrected chi connectivity index (χ2v) is 5.77. The Hall–Kier alpha value is -0.940. The number of hydrogen-bond donors (Lipinski definition) is 1. The number of furan rings is 1. The first-order valence-electron chi connectivity index (χ1n) is 5.85. The highest BCUT2D eigenvalue weighted by molar-refractivity contribution is 8.00. The second-order valence-electron chi connectivity index (χ2n) is 4.29. The Morgan fingerprint density at radius 1 is 1.59 bits per heavy atom. The third kappa shape index (κ3) is 2.50. The number of carbonyl (C=O) groups excluding carboxylic acids is 1. The maximum absolute atomic E-state index is 12.3. The molecule has 0 aliphatic carbocycles. The minimum atomic E-state index is -0.0237. The van der Waals surface area contributed by atoms with E-state index < -0.39 is 0 Å². The van der Waals surface area contributed by atoms with Gasteiger partial charge >= 0.3 is 0 Å². The number of rotatable bonds is 2. The summed E-state index contributed by atoms with van der Waals surface area (Å²) in [6, 6.07) is 3.72. The van der Waals surface area contributed by atoms with Gasteiger partial charge in [0.1, 0.15) is 5.76 Å². The Kier molecular flexibility index (Phi) is 3.79. The van der Waals surface area contributed by atoms with Crippen LogP contribution in [0.5, 0.6) is 0 Å². The lowest BCUT2D eigenvalue weighted by molar-refractivity contribution is 0.0663. The van der Waals surface area contributed by atoms with Crippen LogP contribution in [0.1, 0.15) is 30.2 Å². The van der Waals surface area contributed by atoms with Crippen LogP contribution >= 0.6 is 11.8 Å². The van der Waals surface area contributed by atoms with Crippen LogP contribution < -0.4 is 5.73 Å². The minimum Gasteiger partial charge on any atom is -0.455 e. The van der Waals surface area contributed by atoms with Crippen molar-refractivity contribution in [3.05, 3.63) is 23.7 Å². The van der Waals surface area contributed by atoms with Gasteiger partial charge in [0, 0.05) is 23.6 Å². The standard InChI is InChI=1S/C12H18N2O2S/c1-8-9(2)17-6-5-14(8)12(15)11-4-3-10(7-13)16-11/h3-4,8-9H,5-7,13H2,1-2H3. The molecule has 2 atom stereocenters. The van der Waals surface area contributed by atoms with E-state index in [1.54, 1.807) is 12.1 Å². The van der Waals surface area contributed by atoms with Crippen LogP contribution in [-0.2, 0) is 6.54 Å². The molecule has 1 fully saturated rings. The molecular weight excluding hydrogens is 236 g/mol. The molecule has 17 heavy (non-hydrogen) atoms. The molecule has 1 aliphatic rings. The molecule has 0 saturated carbocycles. The van der Waals surface area contributed by atoms with E-state index in [0.29, 0.717) is 23.3 Å². The van der Waals surface area contributed by atoms with E-state index in [0.717, 1.165) is 12.3 Å². The number of amides is 1. The Balaban J connectivity index is 2.13. The monoisotopic (exact) mass is 254 g/mol. The lowest BCUT2D eigenvalue weighted by Gasteiger charge is -2.36. The van der Waals surface area contributed by atoms with Crippen LogP contribution in [0.15, 0.2) is 16.5 Å². The predicted octanol–water partition coefficient (Wildman–Crippen LogP) is 1.70. The maximum atomic E-state index is 12.3. The van der Waals surface area contributed by atoms with Crippen molar-refractivity contribution in [1.29, 1.82) is 0 Å². The van der Waals surface area contributed by atoms with E-state index in [9.17, 15) is 4.79 Å². The van der Waals surface area contributed by atoms with Crippen molar-refractivity contribution in [1.82, 2.24) is 4.90 Å². The molecule has 1 amide bonds. The van der Waals surface area contributed by atoms with Gasteiger partial charge in [-0.25, -0.2) is 0 Å². The molecule has 2 rings (SSSR count). The van der Waals surface area contributed by atoms with Gasteiger partial charge in [0.2, 0.25) is 0 Å². The van der Waals surface area contributed by atoms with Gasteiger partial charge in [-0.1, -0.05) is 6.92 Å². The van der Waals surface area contributed by atoms with Gasteiger partial charge in [-0.2, -0.15) is 11.8 Å². The highest BCUT2D eigenvalue weighted by Crippen LogP contribution is 2.25. The second kappa shape index (κ2) is 5.14. The quantitative estimate of drug-likeness (QED) is 0.872. The predicted molar refractivity (Wildman–Crippen MR) is 69.0 cm³/mol. The first-order valence-corrected chi connectivity index (χ1v) is 6.89. The molecule has 2 N–H and O–H groups in total. The number of thioether (sulfide) groups is 1. The zero-order valence-corrected chi connectivity index (χ0v) is 11.0. The van der Waals surface area contributed by atoms with Crippen LogP contribution in [0.4, 0.5) is 0 Å². The fraction of sp³-hybridized carbons (Fsp3) is 0.583. The molecule has 5 heteroatoms. The number of nitrogens with two attached hydrogens (primary N) is 1. The van der Waals surface area contributed by atoms with Crippen molar-refractivity contribution in [3.63, 3.8) is 0 Å². The number of carbonyl (C=O) groups is 1. The number of hydrogen-bond acceptors (Lipinski definition) is 4. The molecule has 0 aromatic carbocycles. The Labute approximate surface area is 106 Å². The van der Waals surface area contributed by atoms with Crippen LogP contribution in [0.2, 0.25) is 0 Å². The summed E-state index contributed by atoms with van der Waals surface area (Å²) in [4.78, 5) is 14.2. The molecule has 4 nitrogen and oxygen atoms in total. The SMILES string of the molecule is CC1SCCN(C(=O)c2ccc(CN)o2)C1C. The lowest BCUT2D eigenvalue weighted by atomic mass is 10.2. The molecule has 94 valence electrons. The zero-order valence-electron chi connectivity index (χ0n) is 10.2. The summed E-state index contributed by atoms with van der Waals surface area (Å²) < 4.78 is 5.41. The summed E-state index contributed by atoms with van der Waals surface area (Å²) >= 11 is 1.91. The average Bonchev–Trinajstić information content (AvgIpc) is 2.80. The summed E-state index contributed by atoms with van der Waals surface area (Å²) in [5.74, 6) is 2.02. The first-order chi connectivity index (χ1) is 8.13. The smallest absolute Gasteiger partial charge is 0.289 e.